The van der Waals surface area contributed by atoms with Crippen molar-refractivity contribution in [3.05, 3.63) is 53.7 Å². The van der Waals surface area contributed by atoms with Gasteiger partial charge in [0.15, 0.2) is 11.5 Å². The molecule has 0 unspecified atom stereocenters. The molecule has 3 aromatic rings. The Kier molecular flexibility index (Phi) is 6.95. The van der Waals surface area contributed by atoms with Crippen LogP contribution in [0.5, 0.6) is 17.2 Å². The number of hydrogen-bond donors (Lipinski definition) is 2. The van der Waals surface area contributed by atoms with E-state index in [2.05, 4.69) is 16.9 Å². The Morgan fingerprint density at radius 1 is 1.00 bits per heavy atom. The van der Waals surface area contributed by atoms with Gasteiger partial charge in [0.05, 0.1) is 20.3 Å². The minimum Gasteiger partial charge on any atom is -0.493 e. The fourth-order valence-electron chi connectivity index (χ4n) is 3.26. The second-order valence-corrected chi connectivity index (χ2v) is 6.73. The van der Waals surface area contributed by atoms with Gasteiger partial charge < -0.3 is 25.7 Å². The number of rotatable bonds is 9. The average Bonchev–Trinajstić information content (AvgIpc) is 2.75. The van der Waals surface area contributed by atoms with E-state index in [4.69, 9.17) is 25.7 Å². The van der Waals surface area contributed by atoms with Crippen LogP contribution in [0.2, 0.25) is 0 Å². The molecule has 0 aliphatic heterocycles. The maximum atomic E-state index is 6.16. The molecular formula is C23H28N4O3. The van der Waals surface area contributed by atoms with Crippen molar-refractivity contribution in [2.24, 2.45) is 0 Å². The van der Waals surface area contributed by atoms with Gasteiger partial charge in [-0.2, -0.15) is 4.98 Å². The summed E-state index contributed by atoms with van der Waals surface area (Å²) >= 11 is 0. The van der Waals surface area contributed by atoms with E-state index in [0.717, 1.165) is 28.7 Å². The Morgan fingerprint density at radius 2 is 1.77 bits per heavy atom. The highest BCUT2D eigenvalue weighted by molar-refractivity contribution is 5.78. The number of benzene rings is 2. The third kappa shape index (κ3) is 4.56. The Labute approximate surface area is 177 Å². The van der Waals surface area contributed by atoms with Crippen LogP contribution in [-0.4, -0.2) is 30.3 Å². The first-order valence-electron chi connectivity index (χ1n) is 10.0. The number of aromatic nitrogens is 2. The number of anilines is 2. The summed E-state index contributed by atoms with van der Waals surface area (Å²) in [6.45, 7) is 5.08. The van der Waals surface area contributed by atoms with E-state index < -0.39 is 0 Å². The van der Waals surface area contributed by atoms with Crippen LogP contribution in [-0.2, 0) is 6.42 Å². The Bertz CT molecular complexity index is 993. The minimum absolute atomic E-state index is 0.139. The largest absolute Gasteiger partial charge is 0.493 e. The van der Waals surface area contributed by atoms with Crippen LogP contribution in [0.15, 0.2) is 42.6 Å². The lowest BCUT2D eigenvalue weighted by molar-refractivity contribution is 0.289. The zero-order valence-corrected chi connectivity index (χ0v) is 17.6. The van der Waals surface area contributed by atoms with Crippen LogP contribution in [0, 0.1) is 0 Å². The average molecular weight is 409 g/mol. The predicted molar refractivity (Wildman–Crippen MR) is 119 cm³/mol. The highest BCUT2D eigenvalue weighted by atomic mass is 16.5. The third-order valence-electron chi connectivity index (χ3n) is 4.62. The molecule has 0 saturated heterocycles. The molecule has 0 saturated carbocycles. The van der Waals surface area contributed by atoms with Gasteiger partial charge in [-0.15, -0.1) is 0 Å². The lowest BCUT2D eigenvalue weighted by Crippen LogP contribution is -2.08. The predicted octanol–water partition coefficient (Wildman–Crippen LogP) is 4.09. The molecule has 30 heavy (non-hydrogen) atoms. The smallest absolute Gasteiger partial charge is 0.221 e. The summed E-state index contributed by atoms with van der Waals surface area (Å²) in [6, 6.07) is 12.0. The van der Waals surface area contributed by atoms with Gasteiger partial charge in [-0.1, -0.05) is 37.3 Å². The minimum atomic E-state index is 0.139. The molecule has 0 fully saturated rings. The van der Waals surface area contributed by atoms with Gasteiger partial charge in [0, 0.05) is 29.3 Å². The van der Waals surface area contributed by atoms with E-state index in [1.807, 2.05) is 43.3 Å². The molecule has 3 rings (SSSR count). The molecule has 1 aromatic heterocycles. The van der Waals surface area contributed by atoms with Crippen molar-refractivity contribution in [2.75, 3.05) is 31.8 Å². The van der Waals surface area contributed by atoms with E-state index in [9.17, 15) is 0 Å². The highest BCUT2D eigenvalue weighted by Gasteiger charge is 2.23. The SMILES string of the molecule is CCCOc1c(-c2ccccc2)cc(OCC)c(Cc2cnc(N)nc2N)c1OC. The van der Waals surface area contributed by atoms with Crippen molar-refractivity contribution < 1.29 is 14.2 Å². The number of ether oxygens (including phenoxy) is 3. The molecule has 1 heterocycles. The van der Waals surface area contributed by atoms with E-state index in [1.165, 1.54) is 0 Å². The van der Waals surface area contributed by atoms with Crippen molar-refractivity contribution in [2.45, 2.75) is 26.7 Å². The summed E-state index contributed by atoms with van der Waals surface area (Å²) in [4.78, 5) is 8.15. The summed E-state index contributed by atoms with van der Waals surface area (Å²) in [5.74, 6) is 2.46. The standard InChI is InChI=1S/C23H28N4O3/c1-4-11-30-21-17(15-9-7-6-8-10-15)13-19(29-5-2)18(20(21)28-3)12-16-14-26-23(25)27-22(16)24/h6-10,13-14H,4-5,11-12H2,1-3H3,(H4,24,25,26,27). The van der Waals surface area contributed by atoms with E-state index in [0.29, 0.717) is 42.7 Å². The van der Waals surface area contributed by atoms with Crippen LogP contribution in [0.3, 0.4) is 0 Å². The van der Waals surface area contributed by atoms with Gasteiger partial charge in [-0.05, 0) is 25.0 Å². The van der Waals surface area contributed by atoms with E-state index >= 15 is 0 Å². The van der Waals surface area contributed by atoms with E-state index in [1.54, 1.807) is 13.3 Å². The molecule has 0 bridgehead atoms. The van der Waals surface area contributed by atoms with Crippen LogP contribution in [0.4, 0.5) is 11.8 Å². The van der Waals surface area contributed by atoms with Gasteiger partial charge in [0.25, 0.3) is 0 Å². The third-order valence-corrected chi connectivity index (χ3v) is 4.62. The number of methoxy groups -OCH3 is 1. The van der Waals surface area contributed by atoms with Gasteiger partial charge in [0.1, 0.15) is 11.6 Å². The maximum Gasteiger partial charge on any atom is 0.221 e. The number of nitrogens with two attached hydrogens (primary N) is 2. The first kappa shape index (κ1) is 21.2. The van der Waals surface area contributed by atoms with Crippen LogP contribution in [0.25, 0.3) is 11.1 Å². The van der Waals surface area contributed by atoms with Crippen LogP contribution in [0.1, 0.15) is 31.4 Å². The van der Waals surface area contributed by atoms with Gasteiger partial charge >= 0.3 is 0 Å². The Hall–Kier alpha value is -3.48. The molecule has 7 heteroatoms. The Morgan fingerprint density at radius 3 is 2.40 bits per heavy atom. The van der Waals surface area contributed by atoms with Crippen molar-refractivity contribution in [3.8, 4) is 28.4 Å². The normalized spacial score (nSPS) is 10.6. The van der Waals surface area contributed by atoms with E-state index in [-0.39, 0.29) is 5.95 Å². The molecule has 0 radical (unpaired) electrons. The highest BCUT2D eigenvalue weighted by Crippen LogP contribution is 2.46. The molecule has 0 aliphatic carbocycles. The summed E-state index contributed by atoms with van der Waals surface area (Å²) in [5.41, 5.74) is 15.2. The molecule has 0 aliphatic rings. The molecule has 0 spiro atoms. The van der Waals surface area contributed by atoms with Crippen LogP contribution < -0.4 is 25.7 Å². The molecule has 4 N–H and O–H groups in total. The summed E-state index contributed by atoms with van der Waals surface area (Å²) < 4.78 is 18.0. The number of nitrogen functional groups attached to an aromatic ring is 2. The molecule has 7 nitrogen and oxygen atoms in total. The first-order valence-corrected chi connectivity index (χ1v) is 10.0. The zero-order valence-electron chi connectivity index (χ0n) is 17.6. The molecule has 2 aromatic carbocycles. The summed E-state index contributed by atoms with van der Waals surface area (Å²) in [5, 5.41) is 0. The molecule has 0 amide bonds. The fourth-order valence-corrected chi connectivity index (χ4v) is 3.26. The second-order valence-electron chi connectivity index (χ2n) is 6.73. The summed E-state index contributed by atoms with van der Waals surface area (Å²) in [7, 11) is 1.63. The number of hydrogen-bond acceptors (Lipinski definition) is 7. The molecule has 0 atom stereocenters. The quantitative estimate of drug-likeness (QED) is 0.549. The van der Waals surface area contributed by atoms with Gasteiger partial charge in [0.2, 0.25) is 5.95 Å². The van der Waals surface area contributed by atoms with Gasteiger partial charge in [-0.25, -0.2) is 4.98 Å². The first-order chi connectivity index (χ1) is 14.6. The fraction of sp³-hybridized carbons (Fsp3) is 0.304. The molecular weight excluding hydrogens is 380 g/mol. The molecule has 158 valence electrons. The maximum absolute atomic E-state index is 6.16. The van der Waals surface area contributed by atoms with Crippen molar-refractivity contribution in [3.63, 3.8) is 0 Å². The van der Waals surface area contributed by atoms with Crippen molar-refractivity contribution in [1.29, 1.82) is 0 Å². The second kappa shape index (κ2) is 9.82. The topological polar surface area (TPSA) is 106 Å². The zero-order chi connectivity index (χ0) is 21.5. The van der Waals surface area contributed by atoms with Crippen molar-refractivity contribution in [1.82, 2.24) is 9.97 Å². The monoisotopic (exact) mass is 408 g/mol. The summed E-state index contributed by atoms with van der Waals surface area (Å²) in [6.07, 6.45) is 2.92. The van der Waals surface area contributed by atoms with Crippen LogP contribution >= 0.6 is 0 Å². The lowest BCUT2D eigenvalue weighted by Gasteiger charge is -2.22. The van der Waals surface area contributed by atoms with Crippen molar-refractivity contribution >= 4 is 11.8 Å². The lowest BCUT2D eigenvalue weighted by atomic mass is 9.97. The number of nitrogens with zero attached hydrogens (tertiary/aromatic N) is 2. The Balaban J connectivity index is 2.21. The van der Waals surface area contributed by atoms with Gasteiger partial charge in [-0.3, -0.25) is 0 Å².